The van der Waals surface area contributed by atoms with E-state index in [1.165, 1.54) is 4.68 Å². The molecule has 1 heterocycles. The summed E-state index contributed by atoms with van der Waals surface area (Å²) in [6.07, 6.45) is 1.63. The number of carbonyl (C=O) groups is 1. The number of hydrogen-bond acceptors (Lipinski definition) is 7. The number of nitrogens with two attached hydrogens (primary N) is 1. The van der Waals surface area contributed by atoms with Crippen LogP contribution in [0.5, 0.6) is 0 Å². The Hall–Kier alpha value is -2.56. The summed E-state index contributed by atoms with van der Waals surface area (Å²) in [4.78, 5) is 12.2. The zero-order valence-electron chi connectivity index (χ0n) is 15.3. The summed E-state index contributed by atoms with van der Waals surface area (Å²) in [6, 6.07) is 13.0. The Bertz CT molecular complexity index is 1060. The molecule has 29 heavy (non-hydrogen) atoms. The highest BCUT2D eigenvalue weighted by Crippen LogP contribution is 2.21. The molecule has 0 spiro atoms. The molecule has 2 aromatic carbocycles. The van der Waals surface area contributed by atoms with Gasteiger partial charge in [0.05, 0.1) is 12.0 Å². The van der Waals surface area contributed by atoms with Gasteiger partial charge in [-0.3, -0.25) is 4.79 Å². The van der Waals surface area contributed by atoms with Crippen LogP contribution in [0.1, 0.15) is 11.1 Å². The van der Waals surface area contributed by atoms with Crippen LogP contribution >= 0.6 is 39.3 Å². The molecule has 11 heteroatoms. The zero-order valence-corrected chi connectivity index (χ0v) is 18.4. The van der Waals surface area contributed by atoms with Crippen LogP contribution < -0.4 is 16.6 Å². The SMILES string of the molecule is Cc1ccc(Cl)cc1NC(=O)CSc1nnc(N/N=C/c2cccc(Br)c2)n1N. The molecule has 150 valence electrons. The summed E-state index contributed by atoms with van der Waals surface area (Å²) < 4.78 is 2.19. The van der Waals surface area contributed by atoms with Gasteiger partial charge in [-0.2, -0.15) is 5.10 Å². The third-order valence-corrected chi connectivity index (χ3v) is 5.37. The van der Waals surface area contributed by atoms with Crippen molar-refractivity contribution >= 4 is 63.1 Å². The highest BCUT2D eigenvalue weighted by Gasteiger charge is 2.12. The largest absolute Gasteiger partial charge is 0.334 e. The van der Waals surface area contributed by atoms with Crippen molar-refractivity contribution in [2.75, 3.05) is 22.3 Å². The molecule has 1 amide bonds. The summed E-state index contributed by atoms with van der Waals surface area (Å²) in [5, 5.41) is 15.8. The van der Waals surface area contributed by atoms with Crippen LogP contribution in [0.3, 0.4) is 0 Å². The van der Waals surface area contributed by atoms with Crippen molar-refractivity contribution in [1.82, 2.24) is 14.9 Å². The molecule has 0 bridgehead atoms. The van der Waals surface area contributed by atoms with Crippen molar-refractivity contribution in [3.05, 3.63) is 63.1 Å². The summed E-state index contributed by atoms with van der Waals surface area (Å²) in [7, 11) is 0. The first-order valence-electron chi connectivity index (χ1n) is 8.36. The maximum Gasteiger partial charge on any atom is 0.264 e. The molecule has 3 aromatic rings. The summed E-state index contributed by atoms with van der Waals surface area (Å²) >= 11 is 10.5. The standard InChI is InChI=1S/C18H17BrClN7OS/c1-11-5-6-14(20)8-15(11)23-16(28)10-29-18-26-25-17(27(18)21)24-22-9-12-3-2-4-13(19)7-12/h2-9H,10,21H2,1H3,(H,23,28)(H,24,25)/b22-9+. The van der Waals surface area contributed by atoms with Crippen molar-refractivity contribution in [2.45, 2.75) is 12.1 Å². The normalized spacial score (nSPS) is 11.0. The number of nitrogens with one attached hydrogen (secondary N) is 2. The average molecular weight is 495 g/mol. The zero-order chi connectivity index (χ0) is 20.8. The summed E-state index contributed by atoms with van der Waals surface area (Å²) in [5.74, 6) is 6.13. The van der Waals surface area contributed by atoms with Crippen LogP contribution in [0.4, 0.5) is 11.6 Å². The molecule has 4 N–H and O–H groups in total. The maximum absolute atomic E-state index is 12.2. The van der Waals surface area contributed by atoms with Gasteiger partial charge in [-0.15, -0.1) is 10.2 Å². The minimum absolute atomic E-state index is 0.114. The molecule has 0 aliphatic carbocycles. The molecule has 0 radical (unpaired) electrons. The van der Waals surface area contributed by atoms with Crippen LogP contribution in [0.15, 0.2) is 57.2 Å². The number of aromatic nitrogens is 3. The molecule has 0 saturated carbocycles. The number of carbonyl (C=O) groups excluding carboxylic acids is 1. The third-order valence-electron chi connectivity index (χ3n) is 3.70. The first kappa shape index (κ1) is 21.2. The van der Waals surface area contributed by atoms with Crippen molar-refractivity contribution < 1.29 is 4.79 Å². The van der Waals surface area contributed by atoms with Gasteiger partial charge in [0.15, 0.2) is 0 Å². The number of benzene rings is 2. The second kappa shape index (κ2) is 9.77. The van der Waals surface area contributed by atoms with Crippen LogP contribution in [-0.4, -0.2) is 32.7 Å². The molecular formula is C18H17BrClN7OS. The van der Waals surface area contributed by atoms with E-state index >= 15 is 0 Å². The lowest BCUT2D eigenvalue weighted by Gasteiger charge is -2.08. The number of halogens is 2. The molecule has 8 nitrogen and oxygen atoms in total. The second-order valence-electron chi connectivity index (χ2n) is 5.90. The van der Waals surface area contributed by atoms with E-state index in [1.54, 1.807) is 18.3 Å². The van der Waals surface area contributed by atoms with E-state index in [0.29, 0.717) is 15.9 Å². The van der Waals surface area contributed by atoms with E-state index in [0.717, 1.165) is 27.4 Å². The van der Waals surface area contributed by atoms with Gasteiger partial charge >= 0.3 is 0 Å². The third kappa shape index (κ3) is 5.96. The Kier molecular flexibility index (Phi) is 7.13. The first-order chi connectivity index (χ1) is 13.9. The molecule has 0 saturated heterocycles. The predicted octanol–water partition coefficient (Wildman–Crippen LogP) is 3.89. The highest BCUT2D eigenvalue weighted by molar-refractivity contribution is 9.10. The second-order valence-corrected chi connectivity index (χ2v) is 8.19. The Labute approximate surface area is 185 Å². The van der Waals surface area contributed by atoms with Gasteiger partial charge in [0.25, 0.3) is 5.95 Å². The van der Waals surface area contributed by atoms with Gasteiger partial charge in [0, 0.05) is 15.2 Å². The van der Waals surface area contributed by atoms with Gasteiger partial charge in [0.1, 0.15) is 0 Å². The fourth-order valence-electron chi connectivity index (χ4n) is 2.25. The van der Waals surface area contributed by atoms with Gasteiger partial charge in [-0.05, 0) is 42.3 Å². The Morgan fingerprint density at radius 3 is 2.97 bits per heavy atom. The maximum atomic E-state index is 12.2. The number of nitrogens with zero attached hydrogens (tertiary/aromatic N) is 4. The minimum atomic E-state index is -0.203. The lowest BCUT2D eigenvalue weighted by Crippen LogP contribution is -2.17. The number of hydrogen-bond donors (Lipinski definition) is 3. The number of hydrazone groups is 1. The fraction of sp³-hybridized carbons (Fsp3) is 0.111. The van der Waals surface area contributed by atoms with Gasteiger partial charge in [-0.1, -0.05) is 57.5 Å². The van der Waals surface area contributed by atoms with Gasteiger partial charge in [-0.25, -0.2) is 10.1 Å². The van der Waals surface area contributed by atoms with Crippen molar-refractivity contribution in [3.8, 4) is 0 Å². The van der Waals surface area contributed by atoms with Crippen molar-refractivity contribution in [2.24, 2.45) is 5.10 Å². The smallest absolute Gasteiger partial charge is 0.264 e. The Morgan fingerprint density at radius 2 is 2.17 bits per heavy atom. The fourth-order valence-corrected chi connectivity index (χ4v) is 3.49. The van der Waals surface area contributed by atoms with Gasteiger partial charge < -0.3 is 11.2 Å². The van der Waals surface area contributed by atoms with Crippen molar-refractivity contribution in [3.63, 3.8) is 0 Å². The van der Waals surface area contributed by atoms with E-state index in [-0.39, 0.29) is 17.6 Å². The van der Waals surface area contributed by atoms with E-state index in [2.05, 4.69) is 42.0 Å². The lowest BCUT2D eigenvalue weighted by atomic mass is 10.2. The van der Waals surface area contributed by atoms with Gasteiger partial charge in [0.2, 0.25) is 11.1 Å². The Balaban J connectivity index is 1.55. The number of amides is 1. The number of nitrogen functional groups attached to an aromatic ring is 1. The molecule has 0 fully saturated rings. The first-order valence-corrected chi connectivity index (χ1v) is 10.5. The van der Waals surface area contributed by atoms with E-state index < -0.39 is 0 Å². The predicted molar refractivity (Wildman–Crippen MR) is 121 cm³/mol. The Morgan fingerprint density at radius 1 is 1.34 bits per heavy atom. The van der Waals surface area contributed by atoms with E-state index in [1.807, 2.05) is 37.3 Å². The van der Waals surface area contributed by atoms with Crippen molar-refractivity contribution in [1.29, 1.82) is 0 Å². The number of anilines is 2. The minimum Gasteiger partial charge on any atom is -0.334 e. The summed E-state index contributed by atoms with van der Waals surface area (Å²) in [5.41, 5.74) is 5.22. The van der Waals surface area contributed by atoms with Crippen LogP contribution in [0.25, 0.3) is 0 Å². The molecule has 0 atom stereocenters. The molecule has 0 aliphatic rings. The molecule has 3 rings (SSSR count). The quantitative estimate of drug-likeness (QED) is 0.199. The number of aryl methyl sites for hydroxylation is 1. The highest BCUT2D eigenvalue weighted by atomic mass is 79.9. The van der Waals surface area contributed by atoms with E-state index in [9.17, 15) is 4.79 Å². The van der Waals surface area contributed by atoms with Crippen LogP contribution in [0.2, 0.25) is 5.02 Å². The lowest BCUT2D eigenvalue weighted by molar-refractivity contribution is -0.113. The summed E-state index contributed by atoms with van der Waals surface area (Å²) in [6.45, 7) is 1.89. The molecule has 0 aliphatic heterocycles. The molecule has 1 aromatic heterocycles. The van der Waals surface area contributed by atoms with Crippen LogP contribution in [0, 0.1) is 6.92 Å². The number of rotatable bonds is 7. The topological polar surface area (TPSA) is 110 Å². The molecular weight excluding hydrogens is 478 g/mol. The molecule has 0 unspecified atom stereocenters. The monoisotopic (exact) mass is 493 g/mol. The number of thioether (sulfide) groups is 1. The van der Waals surface area contributed by atoms with E-state index in [4.69, 9.17) is 17.4 Å². The average Bonchev–Trinajstić information content (AvgIpc) is 3.03. The van der Waals surface area contributed by atoms with Crippen LogP contribution in [-0.2, 0) is 4.79 Å².